The maximum atomic E-state index is 13.7. The third-order valence-corrected chi connectivity index (χ3v) is 7.39. The van der Waals surface area contributed by atoms with E-state index < -0.39 is 0 Å². The molecule has 0 saturated heterocycles. The number of methoxy groups -OCH3 is 4. The van der Waals surface area contributed by atoms with Crippen LogP contribution in [0.4, 0.5) is 0 Å². The van der Waals surface area contributed by atoms with E-state index in [9.17, 15) is 9.59 Å². The zero-order valence-corrected chi connectivity index (χ0v) is 25.8. The molecule has 8 heteroatoms. The molecule has 2 amide bonds. The molecule has 230 valence electrons. The number of nitrogens with zero attached hydrogens (tertiary/aromatic N) is 2. The minimum absolute atomic E-state index is 0.0901. The summed E-state index contributed by atoms with van der Waals surface area (Å²) >= 11 is 0. The van der Waals surface area contributed by atoms with Crippen LogP contribution in [0.3, 0.4) is 0 Å². The van der Waals surface area contributed by atoms with Gasteiger partial charge in [0.1, 0.15) is 23.0 Å². The fraction of sp³-hybridized carbons (Fsp3) is 0.278. The predicted octanol–water partition coefficient (Wildman–Crippen LogP) is 6.26. The van der Waals surface area contributed by atoms with E-state index in [1.54, 1.807) is 38.2 Å². The minimum atomic E-state index is -0.0983. The number of hydrogen-bond acceptors (Lipinski definition) is 6. The monoisotopic (exact) mass is 596 g/mol. The van der Waals surface area contributed by atoms with Gasteiger partial charge in [-0.25, -0.2) is 0 Å². The molecule has 0 aromatic heterocycles. The van der Waals surface area contributed by atoms with Crippen LogP contribution in [0.5, 0.6) is 23.0 Å². The Morgan fingerprint density at radius 3 is 0.795 bits per heavy atom. The van der Waals surface area contributed by atoms with Crippen molar-refractivity contribution in [1.82, 2.24) is 9.80 Å². The van der Waals surface area contributed by atoms with Crippen LogP contribution in [0, 0.1) is 0 Å². The smallest absolute Gasteiger partial charge is 0.223 e. The summed E-state index contributed by atoms with van der Waals surface area (Å²) in [6.45, 7) is 1.63. The zero-order chi connectivity index (χ0) is 31.3. The molecule has 0 bridgehead atoms. The third kappa shape index (κ3) is 9.26. The van der Waals surface area contributed by atoms with Gasteiger partial charge in [0.25, 0.3) is 0 Å². The summed E-state index contributed by atoms with van der Waals surface area (Å²) in [4.78, 5) is 30.9. The van der Waals surface area contributed by atoms with Gasteiger partial charge < -0.3 is 28.7 Å². The summed E-state index contributed by atoms with van der Waals surface area (Å²) in [6.07, 6.45) is 0.180. The van der Waals surface area contributed by atoms with Crippen LogP contribution in [0.2, 0.25) is 0 Å². The van der Waals surface area contributed by atoms with E-state index in [2.05, 4.69) is 0 Å². The molecule has 0 spiro atoms. The predicted molar refractivity (Wildman–Crippen MR) is 170 cm³/mol. The van der Waals surface area contributed by atoms with Gasteiger partial charge in [-0.05, 0) is 70.8 Å². The molecular weight excluding hydrogens is 556 g/mol. The van der Waals surface area contributed by atoms with Crippen molar-refractivity contribution >= 4 is 11.8 Å². The van der Waals surface area contributed by atoms with Gasteiger partial charge in [-0.15, -0.1) is 0 Å². The lowest BCUT2D eigenvalue weighted by molar-refractivity contribution is -0.138. The molecule has 0 unspecified atom stereocenters. The van der Waals surface area contributed by atoms with Gasteiger partial charge in [0.2, 0.25) is 11.8 Å². The molecule has 4 aromatic rings. The summed E-state index contributed by atoms with van der Waals surface area (Å²) in [5, 5.41) is 0. The maximum absolute atomic E-state index is 13.7. The van der Waals surface area contributed by atoms with Crippen LogP contribution < -0.4 is 18.9 Å². The van der Waals surface area contributed by atoms with E-state index in [4.69, 9.17) is 18.9 Å². The minimum Gasteiger partial charge on any atom is -0.497 e. The largest absolute Gasteiger partial charge is 0.497 e. The van der Waals surface area contributed by atoms with Crippen molar-refractivity contribution in [2.24, 2.45) is 0 Å². The van der Waals surface area contributed by atoms with Crippen molar-refractivity contribution in [2.45, 2.75) is 39.0 Å². The molecule has 0 aliphatic rings. The summed E-state index contributed by atoms with van der Waals surface area (Å²) in [5.41, 5.74) is 3.89. The van der Waals surface area contributed by atoms with E-state index in [-0.39, 0.29) is 24.7 Å². The fourth-order valence-electron chi connectivity index (χ4n) is 4.80. The van der Waals surface area contributed by atoms with Crippen LogP contribution >= 0.6 is 0 Å². The molecular formula is C36H40N2O6. The molecule has 0 fully saturated rings. The molecule has 0 heterocycles. The second-order valence-electron chi connectivity index (χ2n) is 10.4. The SMILES string of the molecule is COc1ccc(CN(Cc2ccc(OC)cc2)C(=O)CCC(=O)N(Cc2ccc(OC)cc2)Cc2ccc(OC)cc2)cc1. The first-order chi connectivity index (χ1) is 21.4. The highest BCUT2D eigenvalue weighted by molar-refractivity contribution is 5.84. The van der Waals surface area contributed by atoms with Gasteiger partial charge in [-0.3, -0.25) is 9.59 Å². The maximum Gasteiger partial charge on any atom is 0.223 e. The van der Waals surface area contributed by atoms with Crippen LogP contribution in [0.15, 0.2) is 97.1 Å². The van der Waals surface area contributed by atoms with Crippen molar-refractivity contribution in [3.63, 3.8) is 0 Å². The number of rotatable bonds is 15. The molecule has 0 atom stereocenters. The average Bonchev–Trinajstić information content (AvgIpc) is 3.07. The van der Waals surface area contributed by atoms with Crippen molar-refractivity contribution in [2.75, 3.05) is 28.4 Å². The number of hydrogen-bond donors (Lipinski definition) is 0. The van der Waals surface area contributed by atoms with Crippen LogP contribution in [0.1, 0.15) is 35.1 Å². The van der Waals surface area contributed by atoms with Gasteiger partial charge >= 0.3 is 0 Å². The normalized spacial score (nSPS) is 10.5. The van der Waals surface area contributed by atoms with E-state index in [0.717, 1.165) is 45.3 Å². The Kier molecular flexibility index (Phi) is 11.6. The third-order valence-electron chi connectivity index (χ3n) is 7.39. The Labute approximate surface area is 259 Å². The topological polar surface area (TPSA) is 77.5 Å². The molecule has 44 heavy (non-hydrogen) atoms. The first-order valence-corrected chi connectivity index (χ1v) is 14.5. The fourth-order valence-corrected chi connectivity index (χ4v) is 4.80. The highest BCUT2D eigenvalue weighted by Crippen LogP contribution is 2.20. The molecule has 4 aromatic carbocycles. The highest BCUT2D eigenvalue weighted by Gasteiger charge is 2.20. The van der Waals surface area contributed by atoms with Crippen LogP contribution in [-0.2, 0) is 35.8 Å². The van der Waals surface area contributed by atoms with Crippen LogP contribution in [-0.4, -0.2) is 50.1 Å². The van der Waals surface area contributed by atoms with Gasteiger partial charge in [-0.1, -0.05) is 48.5 Å². The van der Waals surface area contributed by atoms with Crippen molar-refractivity contribution in [3.8, 4) is 23.0 Å². The average molecular weight is 597 g/mol. The molecule has 0 radical (unpaired) electrons. The van der Waals surface area contributed by atoms with Gasteiger partial charge in [0, 0.05) is 39.0 Å². The molecule has 0 saturated carbocycles. The van der Waals surface area contributed by atoms with Gasteiger partial charge in [0.05, 0.1) is 28.4 Å². The first kappa shape index (κ1) is 31.9. The quantitative estimate of drug-likeness (QED) is 0.161. The molecule has 0 aliphatic carbocycles. The second-order valence-corrected chi connectivity index (χ2v) is 10.4. The Morgan fingerprint density at radius 1 is 0.409 bits per heavy atom. The molecule has 0 N–H and O–H groups in total. The summed E-state index contributed by atoms with van der Waals surface area (Å²) in [5.74, 6) is 2.81. The number of carbonyl (C=O) groups excluding carboxylic acids is 2. The second kappa shape index (κ2) is 16.0. The lowest BCUT2D eigenvalue weighted by Crippen LogP contribution is -2.33. The van der Waals surface area contributed by atoms with E-state index in [1.165, 1.54) is 0 Å². The first-order valence-electron chi connectivity index (χ1n) is 14.5. The van der Waals surface area contributed by atoms with E-state index >= 15 is 0 Å². The standard InChI is InChI=1S/C36H40N2O6/c1-41-31-13-5-27(6-14-31)23-37(24-28-7-15-32(42-2)16-8-28)35(39)21-22-36(40)38(25-29-9-17-33(43-3)18-10-29)26-30-11-19-34(44-4)20-12-30/h5-20H,21-26H2,1-4H3. The Balaban J connectivity index is 1.48. The Hall–Kier alpha value is -4.98. The highest BCUT2D eigenvalue weighted by atomic mass is 16.5. The summed E-state index contributed by atoms with van der Waals surface area (Å²) in [6, 6.07) is 30.6. The van der Waals surface area contributed by atoms with Crippen molar-refractivity contribution in [1.29, 1.82) is 0 Å². The summed E-state index contributed by atoms with van der Waals surface area (Å²) in [7, 11) is 6.49. The Bertz CT molecular complexity index is 1260. The number of carbonyl (C=O) groups is 2. The summed E-state index contributed by atoms with van der Waals surface area (Å²) < 4.78 is 21.2. The van der Waals surface area contributed by atoms with Crippen molar-refractivity contribution in [3.05, 3.63) is 119 Å². The molecule has 0 aliphatic heterocycles. The number of amides is 2. The van der Waals surface area contributed by atoms with E-state index in [0.29, 0.717) is 26.2 Å². The number of benzene rings is 4. The number of ether oxygens (including phenoxy) is 4. The zero-order valence-electron chi connectivity index (χ0n) is 25.8. The lowest BCUT2D eigenvalue weighted by Gasteiger charge is -2.26. The van der Waals surface area contributed by atoms with Gasteiger partial charge in [0.15, 0.2) is 0 Å². The van der Waals surface area contributed by atoms with Crippen molar-refractivity contribution < 1.29 is 28.5 Å². The van der Waals surface area contributed by atoms with E-state index in [1.807, 2.05) is 97.1 Å². The van der Waals surface area contributed by atoms with Gasteiger partial charge in [-0.2, -0.15) is 0 Å². The Morgan fingerprint density at radius 2 is 0.614 bits per heavy atom. The molecule has 4 rings (SSSR count). The van der Waals surface area contributed by atoms with Crippen LogP contribution in [0.25, 0.3) is 0 Å². The molecule has 8 nitrogen and oxygen atoms in total. The lowest BCUT2D eigenvalue weighted by atomic mass is 10.1.